The molecule has 6 aromatic rings. The third kappa shape index (κ3) is 4.29. The molecule has 0 radical (unpaired) electrons. The highest BCUT2D eigenvalue weighted by Gasteiger charge is 2.27. The van der Waals surface area contributed by atoms with Gasteiger partial charge in [-0.2, -0.15) is 10.2 Å². The Bertz CT molecular complexity index is 1820. The van der Waals surface area contributed by atoms with Crippen molar-refractivity contribution >= 4 is 33.3 Å². The molecule has 0 saturated carbocycles. The number of pyridine rings is 1. The van der Waals surface area contributed by atoms with Gasteiger partial charge in [-0.25, -0.2) is 4.98 Å². The molecule has 1 saturated heterocycles. The number of ether oxygens (including phenoxy) is 2. The molecule has 8 rings (SSSR count). The number of hydrogen-bond donors (Lipinski definition) is 2. The van der Waals surface area contributed by atoms with Gasteiger partial charge in [-0.1, -0.05) is 18.2 Å². The Morgan fingerprint density at radius 3 is 2.05 bits per heavy atom. The van der Waals surface area contributed by atoms with E-state index in [0.717, 1.165) is 118 Å². The number of anilines is 2. The predicted octanol–water partition coefficient (Wildman–Crippen LogP) is 6.36. The smallest absolute Gasteiger partial charge is 0.176 e. The Morgan fingerprint density at radius 2 is 1.33 bits per heavy atom. The van der Waals surface area contributed by atoms with Crippen molar-refractivity contribution < 1.29 is 9.47 Å². The number of benzene rings is 3. The molecule has 42 heavy (non-hydrogen) atoms. The fraction of sp³-hybridized carbons (Fsp3) is 0.242. The number of aromatic amines is 2. The van der Waals surface area contributed by atoms with Gasteiger partial charge in [0.05, 0.1) is 41.3 Å². The number of rotatable bonds is 5. The quantitative estimate of drug-likeness (QED) is 0.255. The average Bonchev–Trinajstić information content (AvgIpc) is 3.60. The second kappa shape index (κ2) is 9.97. The molecule has 9 nitrogen and oxygen atoms in total. The topological polar surface area (TPSA) is 95.2 Å². The summed E-state index contributed by atoms with van der Waals surface area (Å²) < 4.78 is 12.2. The molecule has 0 bridgehead atoms. The summed E-state index contributed by atoms with van der Waals surface area (Å²) in [5, 5.41) is 17.1. The number of fused-ring (bicyclic) bond motifs is 4. The van der Waals surface area contributed by atoms with E-state index in [4.69, 9.17) is 14.5 Å². The molecule has 9 heteroatoms. The first-order valence-electron chi connectivity index (χ1n) is 14.4. The van der Waals surface area contributed by atoms with Crippen LogP contribution in [0.15, 0.2) is 66.9 Å². The molecule has 0 unspecified atom stereocenters. The zero-order chi connectivity index (χ0) is 28.2. The maximum absolute atomic E-state index is 6.64. The Hall–Kier alpha value is -4.73. The average molecular weight is 558 g/mol. The van der Waals surface area contributed by atoms with Gasteiger partial charge in [-0.3, -0.25) is 15.1 Å². The number of nitrogens with zero attached hydrogens (tertiary/aromatic N) is 5. The van der Waals surface area contributed by atoms with Crippen LogP contribution in [-0.2, 0) is 4.74 Å². The Labute approximate surface area is 243 Å². The number of hydrogen-bond acceptors (Lipinski definition) is 7. The zero-order valence-corrected chi connectivity index (χ0v) is 23.6. The minimum Gasteiger partial charge on any atom is -0.451 e. The van der Waals surface area contributed by atoms with Crippen LogP contribution in [0.3, 0.4) is 0 Å². The fourth-order valence-electron chi connectivity index (χ4n) is 6.05. The molecular weight excluding hydrogens is 526 g/mol. The molecule has 2 aliphatic heterocycles. The molecule has 210 valence electrons. The Balaban J connectivity index is 1.19. The van der Waals surface area contributed by atoms with Gasteiger partial charge in [0.1, 0.15) is 0 Å². The molecule has 2 N–H and O–H groups in total. The summed E-state index contributed by atoms with van der Waals surface area (Å²) in [6.07, 6.45) is 1.95. The van der Waals surface area contributed by atoms with E-state index >= 15 is 0 Å². The van der Waals surface area contributed by atoms with Crippen LogP contribution in [0.4, 0.5) is 11.5 Å². The molecule has 1 fully saturated rings. The third-order valence-electron chi connectivity index (χ3n) is 8.48. The van der Waals surface area contributed by atoms with Gasteiger partial charge in [0.15, 0.2) is 17.3 Å². The molecule has 3 aromatic carbocycles. The van der Waals surface area contributed by atoms with Crippen LogP contribution in [0, 0.1) is 13.8 Å². The monoisotopic (exact) mass is 557 g/mol. The number of aryl methyl sites for hydroxylation is 2. The molecule has 0 amide bonds. The second-order valence-electron chi connectivity index (χ2n) is 11.1. The van der Waals surface area contributed by atoms with E-state index in [1.807, 2.05) is 20.0 Å². The highest BCUT2D eigenvalue weighted by Crippen LogP contribution is 2.48. The third-order valence-corrected chi connectivity index (χ3v) is 8.48. The molecule has 0 spiro atoms. The normalized spacial score (nSPS) is 15.1. The van der Waals surface area contributed by atoms with Crippen LogP contribution >= 0.6 is 0 Å². The van der Waals surface area contributed by atoms with Crippen LogP contribution in [0.5, 0.6) is 11.5 Å². The van der Waals surface area contributed by atoms with Crippen molar-refractivity contribution in [2.45, 2.75) is 13.8 Å². The highest BCUT2D eigenvalue weighted by atomic mass is 16.5. The van der Waals surface area contributed by atoms with Crippen molar-refractivity contribution in [2.75, 3.05) is 44.3 Å². The van der Waals surface area contributed by atoms with E-state index in [9.17, 15) is 0 Å². The summed E-state index contributed by atoms with van der Waals surface area (Å²) >= 11 is 0. The molecule has 5 heterocycles. The van der Waals surface area contributed by atoms with Crippen LogP contribution in [0.2, 0.25) is 0 Å². The van der Waals surface area contributed by atoms with Crippen molar-refractivity contribution in [2.24, 2.45) is 0 Å². The van der Waals surface area contributed by atoms with Crippen molar-refractivity contribution in [3.63, 3.8) is 0 Å². The predicted molar refractivity (Wildman–Crippen MR) is 165 cm³/mol. The van der Waals surface area contributed by atoms with Gasteiger partial charge >= 0.3 is 0 Å². The summed E-state index contributed by atoms with van der Waals surface area (Å²) in [5.74, 6) is 2.42. The minimum absolute atomic E-state index is 0.754. The zero-order valence-electron chi connectivity index (χ0n) is 23.6. The largest absolute Gasteiger partial charge is 0.451 e. The lowest BCUT2D eigenvalue weighted by molar-refractivity contribution is 0.0393. The van der Waals surface area contributed by atoms with Gasteiger partial charge in [-0.05, 0) is 73.0 Å². The van der Waals surface area contributed by atoms with Gasteiger partial charge in [0.25, 0.3) is 0 Å². The van der Waals surface area contributed by atoms with E-state index in [1.165, 1.54) is 0 Å². The summed E-state index contributed by atoms with van der Waals surface area (Å²) in [5.41, 5.74) is 9.36. The Morgan fingerprint density at radius 1 is 0.714 bits per heavy atom. The maximum Gasteiger partial charge on any atom is 0.176 e. The van der Waals surface area contributed by atoms with Crippen LogP contribution in [0.25, 0.3) is 44.1 Å². The van der Waals surface area contributed by atoms with E-state index in [1.54, 1.807) is 0 Å². The van der Waals surface area contributed by atoms with Crippen molar-refractivity contribution in [1.29, 1.82) is 0 Å². The van der Waals surface area contributed by atoms with Crippen molar-refractivity contribution in [3.05, 3.63) is 78.2 Å². The van der Waals surface area contributed by atoms with Crippen molar-refractivity contribution in [1.82, 2.24) is 30.3 Å². The van der Waals surface area contributed by atoms with Gasteiger partial charge in [-0.15, -0.1) is 0 Å². The highest BCUT2D eigenvalue weighted by molar-refractivity contribution is 5.89. The minimum atomic E-state index is 0.754. The molecule has 3 aromatic heterocycles. The molecule has 0 aliphatic carbocycles. The standard InChI is InChI=1S/C33H31N7O2/c1-20-26-15-22(3-6-28(26)37-35-20)24-5-8-30-31(17-24)42-32-18-25(23-4-7-29-27(16-23)21(2)36-38-29)19-34-33(32)40(30)10-9-39-11-13-41-14-12-39/h3-8,15-19H,9-14H2,1-2H3,(H,35,37)(H,36,38). The molecule has 2 aliphatic rings. The summed E-state index contributed by atoms with van der Waals surface area (Å²) in [7, 11) is 0. The number of H-pyrrole nitrogens is 2. The van der Waals surface area contributed by atoms with E-state index < -0.39 is 0 Å². The number of morpholine rings is 1. The molecular formula is C33H31N7O2. The molecule has 0 atom stereocenters. The number of aromatic nitrogens is 5. The Kier molecular flexibility index (Phi) is 5.94. The van der Waals surface area contributed by atoms with Gasteiger partial charge in [0.2, 0.25) is 0 Å². The first kappa shape index (κ1) is 25.0. The number of nitrogens with one attached hydrogen (secondary N) is 2. The van der Waals surface area contributed by atoms with Gasteiger partial charge in [0, 0.05) is 48.7 Å². The van der Waals surface area contributed by atoms with Crippen LogP contribution in [-0.4, -0.2) is 69.7 Å². The van der Waals surface area contributed by atoms with E-state index in [0.29, 0.717) is 0 Å². The summed E-state index contributed by atoms with van der Waals surface area (Å²) in [6, 6.07) is 21.3. The second-order valence-corrected chi connectivity index (χ2v) is 11.1. The lowest BCUT2D eigenvalue weighted by atomic mass is 10.0. The van der Waals surface area contributed by atoms with E-state index in [2.05, 4.69) is 90.9 Å². The summed E-state index contributed by atoms with van der Waals surface area (Å²) in [4.78, 5) is 9.72. The van der Waals surface area contributed by atoms with Crippen LogP contribution < -0.4 is 9.64 Å². The fourth-order valence-corrected chi connectivity index (χ4v) is 6.05. The summed E-state index contributed by atoms with van der Waals surface area (Å²) in [6.45, 7) is 9.21. The van der Waals surface area contributed by atoms with Crippen molar-refractivity contribution in [3.8, 4) is 33.8 Å². The lowest BCUT2D eigenvalue weighted by Crippen LogP contribution is -2.41. The van der Waals surface area contributed by atoms with Crippen LogP contribution in [0.1, 0.15) is 11.4 Å². The first-order chi connectivity index (χ1) is 20.6. The maximum atomic E-state index is 6.64. The SMILES string of the molecule is Cc1n[nH]c2ccc(-c3ccc4c(c3)Oc3cc(-c5ccc6[nH]nc(C)c6c5)cnc3N4CCN3CCOCC3)cc12. The lowest BCUT2D eigenvalue weighted by Gasteiger charge is -2.34. The van der Waals surface area contributed by atoms with E-state index in [-0.39, 0.29) is 0 Å². The first-order valence-corrected chi connectivity index (χ1v) is 14.4. The van der Waals surface area contributed by atoms with Gasteiger partial charge < -0.3 is 14.4 Å².